The summed E-state index contributed by atoms with van der Waals surface area (Å²) in [5.41, 5.74) is -1.98. The molecular weight excluding hydrogens is 510 g/mol. The van der Waals surface area contributed by atoms with E-state index in [2.05, 4.69) is 15.3 Å². The quantitative estimate of drug-likeness (QED) is 0.279. The first-order valence-electron chi connectivity index (χ1n) is 10.7. The van der Waals surface area contributed by atoms with Gasteiger partial charge in [0.05, 0.1) is 29.1 Å². The fourth-order valence-electron chi connectivity index (χ4n) is 3.88. The van der Waals surface area contributed by atoms with Crippen molar-refractivity contribution >= 4 is 23.4 Å². The molecule has 0 spiro atoms. The highest BCUT2D eigenvalue weighted by atomic mass is 32.2. The predicted molar refractivity (Wildman–Crippen MR) is 120 cm³/mol. The minimum Gasteiger partial charge on any atom is -0.325 e. The smallest absolute Gasteiger partial charge is 0.325 e. The summed E-state index contributed by atoms with van der Waals surface area (Å²) >= 11 is 0.905. The third-order valence-corrected chi connectivity index (χ3v) is 6.48. The summed E-state index contributed by atoms with van der Waals surface area (Å²) in [6, 6.07) is 6.18. The molecule has 1 aliphatic rings. The van der Waals surface area contributed by atoms with Gasteiger partial charge in [0, 0.05) is 23.1 Å². The molecule has 0 saturated carbocycles. The Bertz CT molecular complexity index is 1310. The number of benzene rings is 1. The first-order chi connectivity index (χ1) is 16.9. The summed E-state index contributed by atoms with van der Waals surface area (Å²) in [6.07, 6.45) is -6.42. The fourth-order valence-corrected chi connectivity index (χ4v) is 4.76. The largest absolute Gasteiger partial charge is 0.416 e. The lowest BCUT2D eigenvalue weighted by molar-refractivity contribution is -0.143. The molecule has 2 aromatic heterocycles. The van der Waals surface area contributed by atoms with Crippen LogP contribution >= 0.6 is 11.8 Å². The van der Waals surface area contributed by atoms with Gasteiger partial charge in [0.15, 0.2) is 0 Å². The van der Waals surface area contributed by atoms with E-state index in [0.29, 0.717) is 35.7 Å². The second kappa shape index (κ2) is 9.96. The first-order valence-corrected chi connectivity index (χ1v) is 11.6. The second-order valence-electron chi connectivity index (χ2n) is 8.02. The number of nitrogens with zero attached hydrogens (tertiary/aromatic N) is 3. The Kier molecular flexibility index (Phi) is 7.12. The summed E-state index contributed by atoms with van der Waals surface area (Å²) in [7, 11) is 0. The lowest BCUT2D eigenvalue weighted by Crippen LogP contribution is -2.28. The Hall–Kier alpha value is -3.35. The average molecular weight is 528 g/mol. The van der Waals surface area contributed by atoms with Crippen LogP contribution in [0.15, 0.2) is 52.4 Å². The summed E-state index contributed by atoms with van der Waals surface area (Å²) in [4.78, 5) is 33.4. The molecule has 36 heavy (non-hydrogen) atoms. The number of amides is 1. The van der Waals surface area contributed by atoms with E-state index in [1.807, 2.05) is 0 Å². The minimum atomic E-state index is -5.03. The molecule has 13 heteroatoms. The number of carbonyl (C=O) groups is 1. The lowest BCUT2D eigenvalue weighted by atomic mass is 10.1. The number of anilines is 1. The summed E-state index contributed by atoms with van der Waals surface area (Å²) in [5, 5.41) is 2.40. The molecule has 6 nitrogen and oxygen atoms in total. The van der Waals surface area contributed by atoms with Gasteiger partial charge >= 0.3 is 18.0 Å². The fraction of sp³-hybridized carbons (Fsp3) is 0.304. The highest BCUT2D eigenvalue weighted by Gasteiger charge is 2.37. The van der Waals surface area contributed by atoms with Crippen LogP contribution in [0.25, 0.3) is 0 Å². The van der Waals surface area contributed by atoms with Crippen molar-refractivity contribution in [2.75, 3.05) is 11.1 Å². The second-order valence-corrected chi connectivity index (χ2v) is 8.98. The summed E-state index contributed by atoms with van der Waals surface area (Å²) in [5.74, 6) is -1.19. The maximum Gasteiger partial charge on any atom is 0.416 e. The van der Waals surface area contributed by atoms with E-state index in [1.165, 1.54) is 4.57 Å². The van der Waals surface area contributed by atoms with Crippen molar-refractivity contribution in [3.63, 3.8) is 0 Å². The molecule has 0 fully saturated rings. The predicted octanol–water partition coefficient (Wildman–Crippen LogP) is 4.94. The van der Waals surface area contributed by atoms with Crippen molar-refractivity contribution in [2.45, 2.75) is 43.2 Å². The molecule has 4 rings (SSSR count). The number of hydrogen-bond acceptors (Lipinski definition) is 5. The molecule has 1 aliphatic carbocycles. The molecule has 0 unspecified atom stereocenters. The molecule has 0 aliphatic heterocycles. The zero-order valence-corrected chi connectivity index (χ0v) is 19.2. The van der Waals surface area contributed by atoms with Crippen molar-refractivity contribution in [3.05, 3.63) is 81.2 Å². The Balaban J connectivity index is 1.51. The van der Waals surface area contributed by atoms with E-state index in [4.69, 9.17) is 0 Å². The van der Waals surface area contributed by atoms with Crippen LogP contribution in [0.2, 0.25) is 0 Å². The van der Waals surface area contributed by atoms with Gasteiger partial charge in [0.2, 0.25) is 5.91 Å². The van der Waals surface area contributed by atoms with Crippen molar-refractivity contribution in [2.24, 2.45) is 0 Å². The van der Waals surface area contributed by atoms with Crippen LogP contribution in [0, 0.1) is 0 Å². The number of pyridine rings is 1. The van der Waals surface area contributed by atoms with Gasteiger partial charge in [-0.3, -0.25) is 14.3 Å². The normalized spacial score (nSPS) is 13.5. The van der Waals surface area contributed by atoms with Gasteiger partial charge in [-0.25, -0.2) is 4.79 Å². The third-order valence-electron chi connectivity index (χ3n) is 5.46. The van der Waals surface area contributed by atoms with E-state index in [0.717, 1.165) is 29.4 Å². The molecular formula is C23H18F6N4O2S. The number of carbonyl (C=O) groups excluding carboxylic acids is 1. The Morgan fingerprint density at radius 3 is 2.33 bits per heavy atom. The van der Waals surface area contributed by atoms with E-state index >= 15 is 0 Å². The number of nitrogens with one attached hydrogen (secondary N) is 1. The van der Waals surface area contributed by atoms with Crippen LogP contribution in [0.4, 0.5) is 32.0 Å². The van der Waals surface area contributed by atoms with Crippen molar-refractivity contribution in [1.82, 2.24) is 14.5 Å². The minimum absolute atomic E-state index is 0.0163. The molecule has 1 N–H and O–H groups in total. The van der Waals surface area contributed by atoms with Crippen LogP contribution in [-0.4, -0.2) is 26.2 Å². The van der Waals surface area contributed by atoms with Crippen LogP contribution in [0.5, 0.6) is 0 Å². The molecule has 190 valence electrons. The average Bonchev–Trinajstić information content (AvgIpc) is 3.29. The number of aromatic nitrogens is 3. The molecule has 0 bridgehead atoms. The van der Waals surface area contributed by atoms with E-state index < -0.39 is 40.8 Å². The third kappa shape index (κ3) is 5.89. The van der Waals surface area contributed by atoms with Gasteiger partial charge in [0.1, 0.15) is 5.03 Å². The molecule has 1 amide bonds. The standard InChI is InChI=1S/C23H18F6N4O2S/c24-22(25,26)13-8-14(23(27,28)29)10-16(9-13)31-19(34)12-36-20-17-5-3-6-18(17)33(21(35)32-20)11-15-4-1-2-7-30-15/h1-2,4,7-10H,3,5-6,11-12H2,(H,31,34). The summed E-state index contributed by atoms with van der Waals surface area (Å²) in [6.45, 7) is 0.234. The van der Waals surface area contributed by atoms with Crippen LogP contribution < -0.4 is 11.0 Å². The maximum atomic E-state index is 13.1. The monoisotopic (exact) mass is 528 g/mol. The first kappa shape index (κ1) is 25.7. The highest BCUT2D eigenvalue weighted by Crippen LogP contribution is 2.37. The van der Waals surface area contributed by atoms with Gasteiger partial charge in [-0.15, -0.1) is 0 Å². The number of thioether (sulfide) groups is 1. The van der Waals surface area contributed by atoms with Crippen LogP contribution in [0.3, 0.4) is 0 Å². The number of halogens is 6. The van der Waals surface area contributed by atoms with Gasteiger partial charge in [-0.05, 0) is 49.6 Å². The van der Waals surface area contributed by atoms with E-state index in [-0.39, 0.29) is 18.4 Å². The van der Waals surface area contributed by atoms with Gasteiger partial charge < -0.3 is 5.32 Å². The Morgan fingerprint density at radius 1 is 1.03 bits per heavy atom. The van der Waals surface area contributed by atoms with E-state index in [9.17, 15) is 35.9 Å². The van der Waals surface area contributed by atoms with Gasteiger partial charge in [0.25, 0.3) is 0 Å². The molecule has 2 heterocycles. The molecule has 0 saturated heterocycles. The zero-order valence-electron chi connectivity index (χ0n) is 18.4. The maximum absolute atomic E-state index is 13.1. The zero-order chi connectivity index (χ0) is 26.1. The summed E-state index contributed by atoms with van der Waals surface area (Å²) < 4.78 is 79.8. The van der Waals surface area contributed by atoms with Crippen molar-refractivity contribution < 1.29 is 31.1 Å². The van der Waals surface area contributed by atoms with Gasteiger partial charge in [-0.1, -0.05) is 17.8 Å². The van der Waals surface area contributed by atoms with Gasteiger partial charge in [-0.2, -0.15) is 31.3 Å². The molecule has 3 aromatic rings. The number of alkyl halides is 6. The number of hydrogen-bond donors (Lipinski definition) is 1. The molecule has 1 aromatic carbocycles. The highest BCUT2D eigenvalue weighted by molar-refractivity contribution is 8.00. The SMILES string of the molecule is O=C(CSc1nc(=O)n(Cc2ccccn2)c2c1CCC2)Nc1cc(C(F)(F)F)cc(C(F)(F)F)c1. The van der Waals surface area contributed by atoms with Crippen molar-refractivity contribution in [3.8, 4) is 0 Å². The van der Waals surface area contributed by atoms with Crippen LogP contribution in [-0.2, 0) is 36.5 Å². The Morgan fingerprint density at radius 2 is 1.72 bits per heavy atom. The lowest BCUT2D eigenvalue weighted by Gasteiger charge is -2.15. The molecule has 0 radical (unpaired) electrons. The Labute approximate surface area is 204 Å². The topological polar surface area (TPSA) is 76.9 Å². The van der Waals surface area contributed by atoms with E-state index in [1.54, 1.807) is 24.4 Å². The van der Waals surface area contributed by atoms with Crippen molar-refractivity contribution in [1.29, 1.82) is 0 Å². The molecule has 0 atom stereocenters. The number of rotatable bonds is 6. The van der Waals surface area contributed by atoms with Crippen LogP contribution in [0.1, 0.15) is 34.5 Å². The number of fused-ring (bicyclic) bond motifs is 1.